The lowest BCUT2D eigenvalue weighted by Crippen LogP contribution is -2.08. The number of ketones is 1. The van der Waals surface area contributed by atoms with Crippen molar-refractivity contribution in [3.05, 3.63) is 39.7 Å². The number of ether oxygens (including phenoxy) is 1. The van der Waals surface area contributed by atoms with Crippen LogP contribution in [0.25, 0.3) is 10.1 Å². The van der Waals surface area contributed by atoms with E-state index in [9.17, 15) is 9.59 Å². The van der Waals surface area contributed by atoms with Gasteiger partial charge in [0, 0.05) is 28.5 Å². The fraction of sp³-hybridized carbons (Fsp3) is 0.429. The van der Waals surface area contributed by atoms with Gasteiger partial charge in [0.15, 0.2) is 5.78 Å². The van der Waals surface area contributed by atoms with E-state index in [2.05, 4.69) is 0 Å². The lowest BCUT2D eigenvalue weighted by Gasteiger charge is -2.10. The Kier molecular flexibility index (Phi) is 6.91. The molecule has 1 aromatic carbocycles. The third kappa shape index (κ3) is 5.11. The zero-order valence-electron chi connectivity index (χ0n) is 15.1. The Hall–Kier alpha value is -1.85. The zero-order chi connectivity index (χ0) is 19.2. The molecule has 1 heterocycles. The van der Waals surface area contributed by atoms with Crippen molar-refractivity contribution < 1.29 is 19.4 Å². The minimum atomic E-state index is -0.737. The van der Waals surface area contributed by atoms with Crippen molar-refractivity contribution in [2.75, 3.05) is 6.61 Å². The van der Waals surface area contributed by atoms with E-state index >= 15 is 0 Å². The Labute approximate surface area is 167 Å². The minimum absolute atomic E-state index is 0.180. The molecule has 0 bridgehead atoms. The number of unbranched alkanes of at least 4 members (excludes halogenated alkanes) is 3. The number of fused-ring (bicyclic) bond motifs is 1. The molecule has 1 N–H and O–H groups in total. The third-order valence-electron chi connectivity index (χ3n) is 4.92. The third-order valence-corrected chi connectivity index (χ3v) is 6.30. The molecule has 0 aliphatic heterocycles. The Morgan fingerprint density at radius 1 is 1.19 bits per heavy atom. The first kappa shape index (κ1) is 19.9. The van der Waals surface area contributed by atoms with Gasteiger partial charge in [-0.05, 0) is 37.8 Å². The maximum Gasteiger partial charge on any atom is 0.303 e. The summed E-state index contributed by atoms with van der Waals surface area (Å²) in [6, 6.07) is 5.84. The molecule has 6 heteroatoms. The lowest BCUT2D eigenvalue weighted by molar-refractivity contribution is -0.137. The molecule has 0 fully saturated rings. The van der Waals surface area contributed by atoms with E-state index in [1.807, 2.05) is 23.6 Å². The predicted octanol–water partition coefficient (Wildman–Crippen LogP) is 6.02. The Morgan fingerprint density at radius 2 is 2.00 bits per heavy atom. The van der Waals surface area contributed by atoms with Gasteiger partial charge < -0.3 is 9.84 Å². The number of Topliss-reactive ketones (excluding diaryl/α,β-unsaturated/α-hetero) is 1. The number of carboxylic acid groups (broad SMARTS) is 1. The van der Waals surface area contributed by atoms with Crippen molar-refractivity contribution >= 4 is 44.8 Å². The van der Waals surface area contributed by atoms with Gasteiger partial charge in [-0.25, -0.2) is 0 Å². The molecule has 0 unspecified atom stereocenters. The van der Waals surface area contributed by atoms with E-state index in [1.165, 1.54) is 5.57 Å². The second-order valence-corrected chi connectivity index (χ2v) is 8.13. The summed E-state index contributed by atoms with van der Waals surface area (Å²) < 4.78 is 7.07. The highest BCUT2D eigenvalue weighted by atomic mass is 35.5. The predicted molar refractivity (Wildman–Crippen MR) is 109 cm³/mol. The van der Waals surface area contributed by atoms with E-state index in [0.717, 1.165) is 53.5 Å². The van der Waals surface area contributed by atoms with E-state index in [-0.39, 0.29) is 12.2 Å². The van der Waals surface area contributed by atoms with E-state index in [4.69, 9.17) is 21.4 Å². The molecule has 0 spiro atoms. The molecular weight excluding hydrogens is 384 g/mol. The summed E-state index contributed by atoms with van der Waals surface area (Å²) in [5.74, 6) is 0.165. The lowest BCUT2D eigenvalue weighted by atomic mass is 10.0. The van der Waals surface area contributed by atoms with E-state index in [0.29, 0.717) is 24.5 Å². The molecule has 0 saturated carbocycles. The van der Waals surface area contributed by atoms with E-state index in [1.54, 1.807) is 11.3 Å². The summed E-state index contributed by atoms with van der Waals surface area (Å²) in [6.45, 7) is 0.290. The Bertz CT molecular complexity index is 868. The van der Waals surface area contributed by atoms with Crippen LogP contribution in [0.1, 0.15) is 51.4 Å². The van der Waals surface area contributed by atoms with Crippen LogP contribution < -0.4 is 4.74 Å². The summed E-state index contributed by atoms with van der Waals surface area (Å²) in [7, 11) is 0. The van der Waals surface area contributed by atoms with Crippen LogP contribution >= 0.6 is 22.9 Å². The largest absolute Gasteiger partial charge is 0.488 e. The van der Waals surface area contributed by atoms with Crippen molar-refractivity contribution in [3.8, 4) is 5.75 Å². The molecule has 144 valence electrons. The highest BCUT2D eigenvalue weighted by Gasteiger charge is 2.23. The highest BCUT2D eigenvalue weighted by molar-refractivity contribution is 7.17. The van der Waals surface area contributed by atoms with Crippen LogP contribution in [0.15, 0.2) is 34.7 Å². The van der Waals surface area contributed by atoms with Crippen LogP contribution in [0.4, 0.5) is 0 Å². The summed E-state index contributed by atoms with van der Waals surface area (Å²) >= 11 is 7.85. The molecule has 1 aliphatic rings. The van der Waals surface area contributed by atoms with Gasteiger partial charge in [-0.3, -0.25) is 9.59 Å². The van der Waals surface area contributed by atoms with Crippen molar-refractivity contribution in [1.82, 2.24) is 0 Å². The summed E-state index contributed by atoms with van der Waals surface area (Å²) in [6.07, 6.45) is 6.11. The number of hydrogen-bond acceptors (Lipinski definition) is 4. The molecular formula is C21H23ClO4S. The molecule has 0 atom stereocenters. The van der Waals surface area contributed by atoms with Gasteiger partial charge >= 0.3 is 5.97 Å². The molecule has 3 rings (SSSR count). The first-order valence-electron chi connectivity index (χ1n) is 9.30. The number of hydrogen-bond donors (Lipinski definition) is 1. The number of benzene rings is 1. The second-order valence-electron chi connectivity index (χ2n) is 6.81. The van der Waals surface area contributed by atoms with Gasteiger partial charge in [0.1, 0.15) is 12.4 Å². The standard InChI is InChI=1S/C21H23ClO4S/c22-16-13-27-19-8-5-7-18(21(16)19)26-12-15-14(10-11-17(15)23)6-3-1-2-4-9-20(24)25/h5,7-8,13H,1-4,6,9-12H2,(H,24,25). The number of aliphatic carboxylic acids is 1. The highest BCUT2D eigenvalue weighted by Crippen LogP contribution is 2.37. The number of allylic oxidation sites excluding steroid dienone is 1. The average molecular weight is 407 g/mol. The Morgan fingerprint density at radius 3 is 2.81 bits per heavy atom. The van der Waals surface area contributed by atoms with Gasteiger partial charge in [0.25, 0.3) is 0 Å². The number of rotatable bonds is 10. The van der Waals surface area contributed by atoms with Crippen molar-refractivity contribution in [3.63, 3.8) is 0 Å². The number of carbonyl (C=O) groups excluding carboxylic acids is 1. The topological polar surface area (TPSA) is 63.6 Å². The van der Waals surface area contributed by atoms with Gasteiger partial charge in [-0.15, -0.1) is 11.3 Å². The van der Waals surface area contributed by atoms with Gasteiger partial charge in [-0.1, -0.05) is 36.1 Å². The van der Waals surface area contributed by atoms with Crippen LogP contribution in [0.2, 0.25) is 5.02 Å². The van der Waals surface area contributed by atoms with Gasteiger partial charge in [0.05, 0.1) is 10.4 Å². The SMILES string of the molecule is O=C(O)CCCCCCC1=C(COc2cccc3scc(Cl)c23)C(=O)CC1. The van der Waals surface area contributed by atoms with Crippen LogP contribution in [0.5, 0.6) is 5.75 Å². The van der Waals surface area contributed by atoms with Crippen molar-refractivity contribution in [2.24, 2.45) is 0 Å². The Balaban J connectivity index is 1.58. The fourth-order valence-corrected chi connectivity index (χ4v) is 4.70. The average Bonchev–Trinajstić information content (AvgIpc) is 3.19. The fourth-order valence-electron chi connectivity index (χ4n) is 3.48. The molecule has 0 saturated heterocycles. The molecule has 27 heavy (non-hydrogen) atoms. The first-order valence-corrected chi connectivity index (χ1v) is 10.6. The smallest absolute Gasteiger partial charge is 0.303 e. The first-order chi connectivity index (χ1) is 13.1. The van der Waals surface area contributed by atoms with Crippen molar-refractivity contribution in [1.29, 1.82) is 0 Å². The molecule has 0 amide bonds. The second kappa shape index (κ2) is 9.38. The maximum atomic E-state index is 12.3. The van der Waals surface area contributed by atoms with Gasteiger partial charge in [0.2, 0.25) is 0 Å². The van der Waals surface area contributed by atoms with Gasteiger partial charge in [-0.2, -0.15) is 0 Å². The summed E-state index contributed by atoms with van der Waals surface area (Å²) in [5, 5.41) is 12.2. The van der Waals surface area contributed by atoms with Crippen molar-refractivity contribution in [2.45, 2.75) is 51.4 Å². The van der Waals surface area contributed by atoms with Crippen LogP contribution in [0.3, 0.4) is 0 Å². The summed E-state index contributed by atoms with van der Waals surface area (Å²) in [4.78, 5) is 22.8. The van der Waals surface area contributed by atoms with Crippen LogP contribution in [0, 0.1) is 0 Å². The number of thiophene rings is 1. The molecule has 1 aromatic heterocycles. The zero-order valence-corrected chi connectivity index (χ0v) is 16.7. The number of carboxylic acids is 1. The number of halogens is 1. The molecule has 2 aromatic rings. The minimum Gasteiger partial charge on any atom is -0.488 e. The van der Waals surface area contributed by atoms with E-state index < -0.39 is 5.97 Å². The monoisotopic (exact) mass is 406 g/mol. The normalized spacial score (nSPS) is 14.3. The molecule has 0 radical (unpaired) electrons. The van der Waals surface area contributed by atoms with Crippen LogP contribution in [-0.4, -0.2) is 23.5 Å². The summed E-state index contributed by atoms with van der Waals surface area (Å²) in [5.41, 5.74) is 2.01. The molecule has 4 nitrogen and oxygen atoms in total. The number of carbonyl (C=O) groups is 2. The molecule has 1 aliphatic carbocycles. The quantitative estimate of drug-likeness (QED) is 0.490. The maximum absolute atomic E-state index is 12.3. The van der Waals surface area contributed by atoms with Crippen LogP contribution in [-0.2, 0) is 9.59 Å².